The molecule has 6 rings (SSSR count). The van der Waals surface area contributed by atoms with Gasteiger partial charge in [0.15, 0.2) is 0 Å². The second kappa shape index (κ2) is 11.0. The molecule has 0 saturated heterocycles. The number of dihydropyridines is 1. The van der Waals surface area contributed by atoms with Crippen molar-refractivity contribution in [2.45, 2.75) is 39.4 Å². The van der Waals surface area contributed by atoms with Crippen LogP contribution in [0.25, 0.3) is 21.8 Å². The largest absolute Gasteiger partial charge is 0.341 e. The maximum atomic E-state index is 12.8. The van der Waals surface area contributed by atoms with Crippen molar-refractivity contribution in [1.29, 1.82) is 0 Å². The van der Waals surface area contributed by atoms with E-state index in [1.165, 1.54) is 21.8 Å². The van der Waals surface area contributed by atoms with Crippen molar-refractivity contribution in [2.24, 2.45) is 4.99 Å². The Morgan fingerprint density at radius 2 is 1.65 bits per heavy atom. The number of aromatic nitrogens is 4. The van der Waals surface area contributed by atoms with Crippen molar-refractivity contribution in [3.05, 3.63) is 90.3 Å². The average Bonchev–Trinajstić information content (AvgIpc) is 3.30. The minimum absolute atomic E-state index is 0.156. The number of nitrogens with zero attached hydrogens (tertiary/aromatic N) is 5. The van der Waals surface area contributed by atoms with E-state index in [1.54, 1.807) is 12.3 Å². The minimum Gasteiger partial charge on any atom is -0.341 e. The topological polar surface area (TPSA) is 109 Å². The van der Waals surface area contributed by atoms with Gasteiger partial charge in [-0.1, -0.05) is 43.3 Å². The van der Waals surface area contributed by atoms with Gasteiger partial charge < -0.3 is 20.5 Å². The van der Waals surface area contributed by atoms with Gasteiger partial charge in [0.2, 0.25) is 11.9 Å². The summed E-state index contributed by atoms with van der Waals surface area (Å²) in [5.41, 5.74) is 4.67. The SMILES string of the molecule is CCc1nc(Nc2ccc3c(c2)c2ccccc2n3CC)nc(NC2C=C(C(=O)Nc3ccccc3)CC=N2)n1. The molecule has 3 N–H and O–H groups in total. The molecule has 0 aliphatic carbocycles. The Morgan fingerprint density at radius 3 is 2.48 bits per heavy atom. The van der Waals surface area contributed by atoms with Crippen molar-refractivity contribution in [2.75, 3.05) is 16.0 Å². The van der Waals surface area contributed by atoms with Gasteiger partial charge in [-0.15, -0.1) is 0 Å². The van der Waals surface area contributed by atoms with E-state index in [0.717, 1.165) is 17.9 Å². The second-order valence-electron chi connectivity index (χ2n) is 9.51. The number of amides is 1. The van der Waals surface area contributed by atoms with Gasteiger partial charge >= 0.3 is 0 Å². The number of carbonyl (C=O) groups excluding carboxylic acids is 1. The van der Waals surface area contributed by atoms with Crippen LogP contribution in [-0.4, -0.2) is 37.8 Å². The van der Waals surface area contributed by atoms with Crippen LogP contribution in [0.1, 0.15) is 26.1 Å². The van der Waals surface area contributed by atoms with Gasteiger partial charge in [0.05, 0.1) is 0 Å². The smallest absolute Gasteiger partial charge is 0.251 e. The minimum atomic E-state index is -0.471. The number of aliphatic imine (C=N–C) groups is 1. The highest BCUT2D eigenvalue weighted by Crippen LogP contribution is 2.31. The Morgan fingerprint density at radius 1 is 0.875 bits per heavy atom. The number of rotatable bonds is 8. The summed E-state index contributed by atoms with van der Waals surface area (Å²) in [6, 6.07) is 24.2. The first kappa shape index (κ1) is 25.2. The third kappa shape index (κ3) is 5.13. The molecular formula is C31H30N8O. The molecule has 1 atom stereocenters. The Labute approximate surface area is 232 Å². The molecule has 0 bridgehead atoms. The fourth-order valence-electron chi connectivity index (χ4n) is 4.98. The molecule has 9 heteroatoms. The summed E-state index contributed by atoms with van der Waals surface area (Å²) in [5.74, 6) is 1.32. The van der Waals surface area contributed by atoms with Crippen LogP contribution in [0.4, 0.5) is 23.3 Å². The molecule has 3 aromatic carbocycles. The van der Waals surface area contributed by atoms with E-state index in [-0.39, 0.29) is 5.91 Å². The van der Waals surface area contributed by atoms with Crippen LogP contribution >= 0.6 is 0 Å². The number of benzene rings is 3. The molecule has 1 amide bonds. The van der Waals surface area contributed by atoms with Crippen LogP contribution in [0.15, 0.2) is 89.4 Å². The van der Waals surface area contributed by atoms with Crippen LogP contribution < -0.4 is 16.0 Å². The quantitative estimate of drug-likeness (QED) is 0.224. The highest BCUT2D eigenvalue weighted by Gasteiger charge is 2.18. The van der Waals surface area contributed by atoms with Crippen molar-refractivity contribution in [1.82, 2.24) is 19.5 Å². The Kier molecular flexibility index (Phi) is 6.93. The van der Waals surface area contributed by atoms with Crippen LogP contribution in [0.3, 0.4) is 0 Å². The first-order valence-corrected chi connectivity index (χ1v) is 13.5. The van der Waals surface area contributed by atoms with E-state index in [4.69, 9.17) is 0 Å². The van der Waals surface area contributed by atoms with Gasteiger partial charge in [-0.25, -0.2) is 0 Å². The fourth-order valence-corrected chi connectivity index (χ4v) is 4.98. The predicted octanol–water partition coefficient (Wildman–Crippen LogP) is 6.08. The summed E-state index contributed by atoms with van der Waals surface area (Å²) >= 11 is 0. The summed E-state index contributed by atoms with van der Waals surface area (Å²) in [5, 5.41) is 11.9. The zero-order valence-corrected chi connectivity index (χ0v) is 22.4. The van der Waals surface area contributed by atoms with Gasteiger partial charge in [-0.05, 0) is 49.4 Å². The van der Waals surface area contributed by atoms with E-state index in [1.807, 2.05) is 43.3 Å². The molecule has 0 fully saturated rings. The maximum Gasteiger partial charge on any atom is 0.251 e. The molecule has 1 aliphatic heterocycles. The number of para-hydroxylation sites is 2. The normalized spacial score (nSPS) is 14.8. The summed E-state index contributed by atoms with van der Waals surface area (Å²) in [4.78, 5) is 31.1. The summed E-state index contributed by atoms with van der Waals surface area (Å²) in [6.45, 7) is 5.06. The monoisotopic (exact) mass is 530 g/mol. The van der Waals surface area contributed by atoms with Crippen LogP contribution in [0, 0.1) is 0 Å². The first-order valence-electron chi connectivity index (χ1n) is 13.5. The summed E-state index contributed by atoms with van der Waals surface area (Å²) in [6.07, 6.45) is 4.17. The Bertz CT molecular complexity index is 1760. The predicted molar refractivity (Wildman–Crippen MR) is 161 cm³/mol. The number of hydrogen-bond acceptors (Lipinski definition) is 7. The molecule has 40 heavy (non-hydrogen) atoms. The number of hydrogen-bond donors (Lipinski definition) is 3. The highest BCUT2D eigenvalue weighted by molar-refractivity contribution is 6.09. The fraction of sp³-hybridized carbons (Fsp3) is 0.194. The van der Waals surface area contributed by atoms with Crippen molar-refractivity contribution in [3.8, 4) is 0 Å². The van der Waals surface area contributed by atoms with Crippen LogP contribution in [-0.2, 0) is 17.8 Å². The number of anilines is 4. The van der Waals surface area contributed by atoms with Gasteiger partial charge in [-0.2, -0.15) is 15.0 Å². The van der Waals surface area contributed by atoms with E-state index >= 15 is 0 Å². The Balaban J connectivity index is 1.23. The summed E-state index contributed by atoms with van der Waals surface area (Å²) in [7, 11) is 0. The van der Waals surface area contributed by atoms with Crippen LogP contribution in [0.2, 0.25) is 0 Å². The number of aryl methyl sites for hydroxylation is 2. The molecule has 0 radical (unpaired) electrons. The lowest BCUT2D eigenvalue weighted by Crippen LogP contribution is -2.24. The standard InChI is InChI=1S/C31H30N8O/c1-3-27-35-30(34-22-14-15-26-24(19-22)23-12-8-9-13-25(23)39(26)4-2)38-31(36-27)37-28-18-20(16-17-32-28)29(40)33-21-10-6-5-7-11-21/h5-15,17-19,28H,3-4,16H2,1-2H3,(H,33,40)(H2,34,35,36,37,38). The van der Waals surface area contributed by atoms with Crippen LogP contribution in [0.5, 0.6) is 0 Å². The molecule has 200 valence electrons. The summed E-state index contributed by atoms with van der Waals surface area (Å²) < 4.78 is 2.32. The molecule has 9 nitrogen and oxygen atoms in total. The van der Waals surface area contributed by atoms with Gasteiger partial charge in [0, 0.05) is 64.4 Å². The lowest BCUT2D eigenvalue weighted by atomic mass is 10.1. The lowest BCUT2D eigenvalue weighted by Gasteiger charge is -2.17. The van der Waals surface area contributed by atoms with E-state index in [0.29, 0.717) is 36.1 Å². The molecule has 2 aromatic heterocycles. The number of carbonyl (C=O) groups is 1. The second-order valence-corrected chi connectivity index (χ2v) is 9.51. The van der Waals surface area contributed by atoms with Gasteiger partial charge in [0.25, 0.3) is 5.91 Å². The van der Waals surface area contributed by atoms with E-state index in [9.17, 15) is 4.79 Å². The maximum absolute atomic E-state index is 12.8. The first-order chi connectivity index (χ1) is 19.6. The molecular weight excluding hydrogens is 500 g/mol. The van der Waals surface area contributed by atoms with Crippen molar-refractivity contribution in [3.63, 3.8) is 0 Å². The van der Waals surface area contributed by atoms with Gasteiger partial charge in [-0.3, -0.25) is 9.79 Å². The highest BCUT2D eigenvalue weighted by atomic mass is 16.1. The van der Waals surface area contributed by atoms with E-state index < -0.39 is 6.17 Å². The third-order valence-electron chi connectivity index (χ3n) is 6.88. The molecule has 5 aromatic rings. The Hall–Kier alpha value is -5.05. The molecule has 0 saturated carbocycles. The van der Waals surface area contributed by atoms with Crippen molar-refractivity contribution < 1.29 is 4.79 Å². The van der Waals surface area contributed by atoms with Crippen molar-refractivity contribution >= 4 is 57.2 Å². The lowest BCUT2D eigenvalue weighted by molar-refractivity contribution is -0.112. The zero-order valence-electron chi connectivity index (χ0n) is 22.4. The zero-order chi connectivity index (χ0) is 27.5. The van der Waals surface area contributed by atoms with Gasteiger partial charge in [0.1, 0.15) is 12.0 Å². The number of fused-ring (bicyclic) bond motifs is 3. The number of nitrogens with one attached hydrogen (secondary N) is 3. The molecule has 1 aliphatic rings. The average molecular weight is 531 g/mol. The third-order valence-corrected chi connectivity index (χ3v) is 6.88. The molecule has 1 unspecified atom stereocenters. The molecule has 3 heterocycles. The van der Waals surface area contributed by atoms with E-state index in [2.05, 4.69) is 83.8 Å². The molecule has 0 spiro atoms.